The molecular formula is C30H27N5O6S. The first kappa shape index (κ1) is 26.5. The zero-order valence-corrected chi connectivity index (χ0v) is 23.3. The molecule has 4 aromatic rings. The number of benzene rings is 2. The molecular weight excluding hydrogens is 558 g/mol. The van der Waals surface area contributed by atoms with Gasteiger partial charge in [-0.05, 0) is 48.0 Å². The van der Waals surface area contributed by atoms with Gasteiger partial charge in [0.05, 0.1) is 42.4 Å². The van der Waals surface area contributed by atoms with Crippen LogP contribution in [0.2, 0.25) is 0 Å². The second-order valence-corrected chi connectivity index (χ2v) is 11.4. The van der Waals surface area contributed by atoms with Crippen LogP contribution in [0.5, 0.6) is 11.5 Å². The zero-order valence-electron chi connectivity index (χ0n) is 22.4. The molecule has 2 saturated heterocycles. The Morgan fingerprint density at radius 2 is 1.83 bits per heavy atom. The first-order valence-electron chi connectivity index (χ1n) is 13.6. The van der Waals surface area contributed by atoms with E-state index in [4.69, 9.17) is 14.2 Å². The van der Waals surface area contributed by atoms with Crippen LogP contribution in [0.1, 0.15) is 22.3 Å². The lowest BCUT2D eigenvalue weighted by atomic mass is 10.1. The molecule has 0 bridgehead atoms. The number of aromatic nitrogens is 2. The van der Waals surface area contributed by atoms with Gasteiger partial charge in [0, 0.05) is 36.4 Å². The number of likely N-dealkylation sites (tertiary alicyclic amines) is 1. The van der Waals surface area contributed by atoms with Gasteiger partial charge in [-0.3, -0.25) is 14.4 Å². The van der Waals surface area contributed by atoms with E-state index in [9.17, 15) is 14.4 Å². The number of nitrogens with one attached hydrogen (secondary N) is 2. The second kappa shape index (κ2) is 10.8. The molecule has 1 spiro atoms. The Hall–Kier alpha value is -4.39. The fourth-order valence-electron chi connectivity index (χ4n) is 5.49. The van der Waals surface area contributed by atoms with Crippen molar-refractivity contribution in [2.45, 2.75) is 34.6 Å². The summed E-state index contributed by atoms with van der Waals surface area (Å²) in [7, 11) is 0. The van der Waals surface area contributed by atoms with Crippen LogP contribution in [-0.2, 0) is 25.6 Å². The lowest BCUT2D eigenvalue weighted by Crippen LogP contribution is -2.49. The van der Waals surface area contributed by atoms with Crippen LogP contribution in [0.3, 0.4) is 0 Å². The Morgan fingerprint density at radius 3 is 2.69 bits per heavy atom. The Kier molecular flexibility index (Phi) is 6.81. The van der Waals surface area contributed by atoms with Gasteiger partial charge in [-0.2, -0.15) is 0 Å². The topological polar surface area (TPSA) is 124 Å². The Labute approximate surface area is 245 Å². The Bertz CT molecular complexity index is 1670. The Morgan fingerprint density at radius 1 is 1.00 bits per heavy atom. The van der Waals surface area contributed by atoms with Gasteiger partial charge < -0.3 is 34.1 Å². The first-order valence-corrected chi connectivity index (χ1v) is 14.4. The number of carbonyl (C=O) groups excluding carboxylic acids is 3. The van der Waals surface area contributed by atoms with Gasteiger partial charge in [0.15, 0.2) is 5.79 Å². The number of hydrogen-bond acceptors (Lipinski definition) is 8. The van der Waals surface area contributed by atoms with Crippen molar-refractivity contribution in [3.63, 3.8) is 0 Å². The maximum Gasteiger partial charge on any atom is 0.251 e. The highest BCUT2D eigenvalue weighted by atomic mass is 32.2. The van der Waals surface area contributed by atoms with Crippen molar-refractivity contribution in [1.29, 1.82) is 0 Å². The molecule has 0 unspecified atom stereocenters. The number of amides is 3. The average Bonchev–Trinajstić information content (AvgIpc) is 3.75. The van der Waals surface area contributed by atoms with Gasteiger partial charge in [-0.1, -0.05) is 23.9 Å². The predicted octanol–water partition coefficient (Wildman–Crippen LogP) is 2.98. The summed E-state index contributed by atoms with van der Waals surface area (Å²) in [5.74, 6) is -0.852. The summed E-state index contributed by atoms with van der Waals surface area (Å²) in [5.41, 5.74) is 2.23. The zero-order chi connectivity index (χ0) is 28.7. The van der Waals surface area contributed by atoms with Crippen LogP contribution in [0.4, 0.5) is 0 Å². The van der Waals surface area contributed by atoms with Crippen LogP contribution >= 0.6 is 11.8 Å². The fraction of sp³-hybridized carbons (Fsp3) is 0.267. The second-order valence-electron chi connectivity index (χ2n) is 10.3. The number of hydrogen-bond donors (Lipinski definition) is 2. The molecule has 3 aliphatic heterocycles. The molecule has 1 atom stereocenters. The number of para-hydroxylation sites is 1. The van der Waals surface area contributed by atoms with Crippen molar-refractivity contribution in [2.75, 3.05) is 26.3 Å². The lowest BCUT2D eigenvalue weighted by Gasteiger charge is -2.24. The first-order chi connectivity index (χ1) is 20.5. The third-order valence-electron chi connectivity index (χ3n) is 7.55. The van der Waals surface area contributed by atoms with Crippen LogP contribution in [-0.4, -0.2) is 70.1 Å². The smallest absolute Gasteiger partial charge is 0.251 e. The largest absolute Gasteiger partial charge is 0.455 e. The third-order valence-corrected chi connectivity index (χ3v) is 8.66. The fourth-order valence-corrected chi connectivity index (χ4v) is 6.42. The molecule has 214 valence electrons. The van der Waals surface area contributed by atoms with Gasteiger partial charge in [0.1, 0.15) is 17.5 Å². The van der Waals surface area contributed by atoms with Crippen LogP contribution < -0.4 is 15.4 Å². The van der Waals surface area contributed by atoms with E-state index in [1.807, 2.05) is 53.1 Å². The highest BCUT2D eigenvalue weighted by Gasteiger charge is 2.52. The van der Waals surface area contributed by atoms with E-state index < -0.39 is 23.6 Å². The molecule has 2 fully saturated rings. The number of carbonyl (C=O) groups is 3. The van der Waals surface area contributed by atoms with E-state index in [0.29, 0.717) is 24.5 Å². The van der Waals surface area contributed by atoms with Gasteiger partial charge in [0.2, 0.25) is 11.8 Å². The number of ether oxygens (including phenoxy) is 3. The van der Waals surface area contributed by atoms with Crippen molar-refractivity contribution < 1.29 is 28.6 Å². The van der Waals surface area contributed by atoms with Crippen molar-refractivity contribution in [2.24, 2.45) is 0 Å². The minimum Gasteiger partial charge on any atom is -0.455 e. The molecule has 11 nitrogen and oxygen atoms in total. The number of fused-ring (bicyclic) bond motifs is 3. The molecule has 2 N–H and O–H groups in total. The SMILES string of the molecule is O=C(NCC(=O)N1CC2(C[C@H]1C(=O)NCc1cc3ccncn3c1)OCCO2)c1ccc2c(c1)Oc1ccccc1S2. The summed E-state index contributed by atoms with van der Waals surface area (Å²) in [6.45, 7) is 0.883. The third kappa shape index (κ3) is 5.08. The highest BCUT2D eigenvalue weighted by Crippen LogP contribution is 2.47. The molecule has 2 aromatic carbocycles. The molecule has 3 amide bonds. The molecule has 12 heteroatoms. The lowest BCUT2D eigenvalue weighted by molar-refractivity contribution is -0.152. The van der Waals surface area contributed by atoms with E-state index in [1.54, 1.807) is 36.4 Å². The minimum absolute atomic E-state index is 0.102. The molecule has 0 aliphatic carbocycles. The van der Waals surface area contributed by atoms with E-state index >= 15 is 0 Å². The summed E-state index contributed by atoms with van der Waals surface area (Å²) in [6, 6.07) is 15.9. The Balaban J connectivity index is 1.01. The molecule has 3 aliphatic rings. The van der Waals surface area contributed by atoms with E-state index in [-0.39, 0.29) is 32.0 Å². The average molecular weight is 586 g/mol. The van der Waals surface area contributed by atoms with Crippen molar-refractivity contribution in [3.05, 3.63) is 84.4 Å². The van der Waals surface area contributed by atoms with Crippen molar-refractivity contribution in [1.82, 2.24) is 24.9 Å². The van der Waals surface area contributed by atoms with Crippen LogP contribution in [0, 0.1) is 0 Å². The van der Waals surface area contributed by atoms with E-state index in [0.717, 1.165) is 26.6 Å². The van der Waals surface area contributed by atoms with Gasteiger partial charge in [0.25, 0.3) is 5.91 Å². The summed E-state index contributed by atoms with van der Waals surface area (Å²) in [4.78, 5) is 47.2. The van der Waals surface area contributed by atoms with Gasteiger partial charge in [-0.15, -0.1) is 0 Å². The molecule has 7 rings (SSSR count). The minimum atomic E-state index is -1.03. The standard InChI is InChI=1S/C30H27N5O6S/c36-27(15-33-28(37)20-5-6-26-24(12-20)41-23-3-1-2-4-25(23)42-26)35-17-30(39-9-10-40-30)13-22(35)29(38)32-14-19-11-21-7-8-31-18-34(21)16-19/h1-8,11-12,16,18,22H,9-10,13-15,17H2,(H,32,38)(H,33,37)/t22-/m0/s1. The molecule has 5 heterocycles. The quantitative estimate of drug-likeness (QED) is 0.312. The summed E-state index contributed by atoms with van der Waals surface area (Å²) < 4.78 is 19.5. The molecule has 0 radical (unpaired) electrons. The maximum absolute atomic E-state index is 13.4. The van der Waals surface area contributed by atoms with Gasteiger partial charge in [-0.25, -0.2) is 4.98 Å². The highest BCUT2D eigenvalue weighted by molar-refractivity contribution is 7.99. The van der Waals surface area contributed by atoms with E-state index in [1.165, 1.54) is 4.90 Å². The predicted molar refractivity (Wildman–Crippen MR) is 151 cm³/mol. The van der Waals surface area contributed by atoms with Crippen LogP contribution in [0.25, 0.3) is 5.52 Å². The monoisotopic (exact) mass is 585 g/mol. The summed E-state index contributed by atoms with van der Waals surface area (Å²) >= 11 is 1.57. The summed E-state index contributed by atoms with van der Waals surface area (Å²) in [5, 5.41) is 5.64. The van der Waals surface area contributed by atoms with Crippen LogP contribution in [0.15, 0.2) is 83.1 Å². The van der Waals surface area contributed by atoms with E-state index in [2.05, 4.69) is 15.6 Å². The number of nitrogens with zero attached hydrogens (tertiary/aromatic N) is 3. The maximum atomic E-state index is 13.4. The molecule has 0 saturated carbocycles. The molecule has 42 heavy (non-hydrogen) atoms. The summed E-state index contributed by atoms with van der Waals surface area (Å²) in [6.07, 6.45) is 5.50. The van der Waals surface area contributed by atoms with Crippen molar-refractivity contribution >= 4 is 35.0 Å². The van der Waals surface area contributed by atoms with Gasteiger partial charge >= 0.3 is 0 Å². The number of rotatable bonds is 6. The normalized spacial score (nSPS) is 18.4. The molecule has 2 aromatic heterocycles. The van der Waals surface area contributed by atoms with Crippen molar-refractivity contribution in [3.8, 4) is 11.5 Å².